The number of carbonyl (C=O) groups excluding carboxylic acids is 2. The van der Waals surface area contributed by atoms with Gasteiger partial charge in [-0.2, -0.15) is 0 Å². The van der Waals surface area contributed by atoms with Gasteiger partial charge in [-0.3, -0.25) is 9.59 Å². The summed E-state index contributed by atoms with van der Waals surface area (Å²) in [5.74, 6) is 0.0255. The molecule has 2 aromatic carbocycles. The van der Waals surface area contributed by atoms with Crippen LogP contribution in [0.2, 0.25) is 5.02 Å². The van der Waals surface area contributed by atoms with Crippen LogP contribution >= 0.6 is 11.6 Å². The maximum Gasteiger partial charge on any atom is 0.262 e. The van der Waals surface area contributed by atoms with Gasteiger partial charge in [0.1, 0.15) is 12.4 Å². The summed E-state index contributed by atoms with van der Waals surface area (Å²) in [4.78, 5) is 23.2. The van der Waals surface area contributed by atoms with Gasteiger partial charge in [0.2, 0.25) is 5.91 Å². The fraction of sp³-hybridized carbons (Fsp3) is 0.176. The second kappa shape index (κ2) is 8.90. The summed E-state index contributed by atoms with van der Waals surface area (Å²) in [5.41, 5.74) is 1.22. The molecule has 0 unspecified atom stereocenters. The normalized spacial score (nSPS) is 10.1. The third-order valence-electron chi connectivity index (χ3n) is 2.91. The van der Waals surface area contributed by atoms with Crippen molar-refractivity contribution in [3.8, 4) is 5.75 Å². The molecule has 0 fully saturated rings. The Labute approximate surface area is 144 Å². The van der Waals surface area contributed by atoms with E-state index in [1.165, 1.54) is 7.11 Å². The van der Waals surface area contributed by atoms with Crippen LogP contribution in [0.1, 0.15) is 0 Å². The van der Waals surface area contributed by atoms with Crippen molar-refractivity contribution >= 4 is 34.8 Å². The van der Waals surface area contributed by atoms with Crippen molar-refractivity contribution < 1.29 is 19.1 Å². The number of hydrogen-bond acceptors (Lipinski definition) is 4. The summed E-state index contributed by atoms with van der Waals surface area (Å²) in [6, 6.07) is 13.5. The fourth-order valence-electron chi connectivity index (χ4n) is 1.84. The molecule has 0 heterocycles. The van der Waals surface area contributed by atoms with E-state index in [0.29, 0.717) is 22.1 Å². The first-order valence-corrected chi connectivity index (χ1v) is 7.51. The molecule has 0 aliphatic rings. The molecular weight excluding hydrogens is 332 g/mol. The number of ether oxygens (including phenoxy) is 2. The summed E-state index contributed by atoms with van der Waals surface area (Å²) >= 11 is 5.78. The monoisotopic (exact) mass is 348 g/mol. The van der Waals surface area contributed by atoms with Crippen LogP contribution in [0, 0.1) is 0 Å². The van der Waals surface area contributed by atoms with Gasteiger partial charge in [0, 0.05) is 23.5 Å². The van der Waals surface area contributed by atoms with Crippen molar-refractivity contribution in [2.45, 2.75) is 0 Å². The predicted octanol–water partition coefficient (Wildman–Crippen LogP) is 2.94. The Morgan fingerprint density at radius 1 is 0.875 bits per heavy atom. The van der Waals surface area contributed by atoms with Gasteiger partial charge in [-0.25, -0.2) is 0 Å². The topological polar surface area (TPSA) is 76.7 Å². The number of methoxy groups -OCH3 is 1. The van der Waals surface area contributed by atoms with Crippen molar-refractivity contribution in [2.24, 2.45) is 0 Å². The highest BCUT2D eigenvalue weighted by atomic mass is 35.5. The van der Waals surface area contributed by atoms with E-state index < -0.39 is 0 Å². The summed E-state index contributed by atoms with van der Waals surface area (Å²) in [7, 11) is 1.45. The molecule has 2 amide bonds. The number of hydrogen-bond donors (Lipinski definition) is 2. The molecular formula is C17H17ClN2O4. The number of benzene rings is 2. The van der Waals surface area contributed by atoms with Crippen molar-refractivity contribution in [2.75, 3.05) is 31.0 Å². The van der Waals surface area contributed by atoms with E-state index >= 15 is 0 Å². The Morgan fingerprint density at radius 2 is 1.38 bits per heavy atom. The minimum atomic E-state index is -0.291. The average Bonchev–Trinajstić information content (AvgIpc) is 2.56. The van der Waals surface area contributed by atoms with Crippen molar-refractivity contribution in [3.63, 3.8) is 0 Å². The van der Waals surface area contributed by atoms with Crippen LogP contribution in [-0.4, -0.2) is 32.1 Å². The van der Waals surface area contributed by atoms with E-state index in [2.05, 4.69) is 10.6 Å². The SMILES string of the molecule is COCC(=O)Nc1ccc(NC(=O)COc2ccc(Cl)cc2)cc1. The van der Waals surface area contributed by atoms with Gasteiger partial charge in [0.25, 0.3) is 5.91 Å². The second-order valence-electron chi connectivity index (χ2n) is 4.85. The predicted molar refractivity (Wildman–Crippen MR) is 92.5 cm³/mol. The third kappa shape index (κ3) is 5.91. The van der Waals surface area contributed by atoms with Crippen LogP contribution < -0.4 is 15.4 Å². The Balaban J connectivity index is 1.81. The Hall–Kier alpha value is -2.57. The summed E-state index contributed by atoms with van der Waals surface area (Å²) in [6.07, 6.45) is 0. The quantitative estimate of drug-likeness (QED) is 0.806. The lowest BCUT2D eigenvalue weighted by Crippen LogP contribution is -2.20. The highest BCUT2D eigenvalue weighted by Crippen LogP contribution is 2.16. The highest BCUT2D eigenvalue weighted by Gasteiger charge is 2.05. The first kappa shape index (κ1) is 17.8. The Morgan fingerprint density at radius 3 is 1.88 bits per heavy atom. The zero-order valence-electron chi connectivity index (χ0n) is 13.0. The zero-order chi connectivity index (χ0) is 17.4. The number of anilines is 2. The molecule has 2 aromatic rings. The average molecular weight is 349 g/mol. The first-order valence-electron chi connectivity index (χ1n) is 7.14. The molecule has 6 nitrogen and oxygen atoms in total. The molecule has 0 saturated carbocycles. The van der Waals surface area contributed by atoms with E-state index in [-0.39, 0.29) is 25.0 Å². The molecule has 24 heavy (non-hydrogen) atoms. The maximum atomic E-state index is 11.9. The first-order chi connectivity index (χ1) is 11.6. The van der Waals surface area contributed by atoms with Gasteiger partial charge in [-0.1, -0.05) is 11.6 Å². The van der Waals surface area contributed by atoms with Crippen LogP contribution in [0.15, 0.2) is 48.5 Å². The maximum absolute atomic E-state index is 11.9. The number of carbonyl (C=O) groups is 2. The summed E-state index contributed by atoms with van der Waals surface area (Å²) < 4.78 is 10.1. The van der Waals surface area contributed by atoms with Gasteiger partial charge >= 0.3 is 0 Å². The summed E-state index contributed by atoms with van der Waals surface area (Å²) in [5, 5.41) is 5.97. The van der Waals surface area contributed by atoms with E-state index in [0.717, 1.165) is 0 Å². The van der Waals surface area contributed by atoms with Crippen molar-refractivity contribution in [1.82, 2.24) is 0 Å². The van der Waals surface area contributed by atoms with Gasteiger partial charge in [0.05, 0.1) is 0 Å². The molecule has 0 atom stereocenters. The minimum Gasteiger partial charge on any atom is -0.484 e. The molecule has 0 spiro atoms. The number of nitrogens with one attached hydrogen (secondary N) is 2. The van der Waals surface area contributed by atoms with Crippen LogP contribution in [0.25, 0.3) is 0 Å². The molecule has 0 aliphatic carbocycles. The Kier molecular flexibility index (Phi) is 6.60. The summed E-state index contributed by atoms with van der Waals surface area (Å²) in [6.45, 7) is -0.130. The van der Waals surface area contributed by atoms with Crippen LogP contribution in [-0.2, 0) is 14.3 Å². The molecule has 2 N–H and O–H groups in total. The molecule has 0 radical (unpaired) electrons. The molecule has 7 heteroatoms. The van der Waals surface area contributed by atoms with E-state index in [1.54, 1.807) is 48.5 Å². The van der Waals surface area contributed by atoms with Crippen LogP contribution in [0.3, 0.4) is 0 Å². The fourth-order valence-corrected chi connectivity index (χ4v) is 1.97. The van der Waals surface area contributed by atoms with Gasteiger partial charge in [0.15, 0.2) is 6.61 Å². The molecule has 0 saturated heterocycles. The van der Waals surface area contributed by atoms with E-state index in [9.17, 15) is 9.59 Å². The van der Waals surface area contributed by atoms with E-state index in [4.69, 9.17) is 21.1 Å². The largest absolute Gasteiger partial charge is 0.484 e. The minimum absolute atomic E-state index is 0.0134. The lowest BCUT2D eigenvalue weighted by Gasteiger charge is -2.09. The van der Waals surface area contributed by atoms with Gasteiger partial charge in [-0.15, -0.1) is 0 Å². The number of rotatable bonds is 7. The van der Waals surface area contributed by atoms with E-state index in [1.807, 2.05) is 0 Å². The Bertz CT molecular complexity index is 687. The zero-order valence-corrected chi connectivity index (χ0v) is 13.8. The lowest BCUT2D eigenvalue weighted by molar-refractivity contribution is -0.120. The van der Waals surface area contributed by atoms with Crippen molar-refractivity contribution in [3.05, 3.63) is 53.6 Å². The lowest BCUT2D eigenvalue weighted by atomic mass is 10.2. The van der Waals surface area contributed by atoms with Gasteiger partial charge in [-0.05, 0) is 48.5 Å². The standard InChI is InChI=1S/C17H17ClN2O4/c1-23-10-16(21)19-13-4-6-14(7-5-13)20-17(22)11-24-15-8-2-12(18)3-9-15/h2-9H,10-11H2,1H3,(H,19,21)(H,20,22). The van der Waals surface area contributed by atoms with Gasteiger partial charge < -0.3 is 20.1 Å². The van der Waals surface area contributed by atoms with Crippen LogP contribution in [0.4, 0.5) is 11.4 Å². The number of amides is 2. The molecule has 0 aromatic heterocycles. The second-order valence-corrected chi connectivity index (χ2v) is 5.29. The smallest absolute Gasteiger partial charge is 0.262 e. The molecule has 126 valence electrons. The molecule has 2 rings (SSSR count). The van der Waals surface area contributed by atoms with Crippen molar-refractivity contribution in [1.29, 1.82) is 0 Å². The molecule has 0 aliphatic heterocycles. The van der Waals surface area contributed by atoms with Crippen LogP contribution in [0.5, 0.6) is 5.75 Å². The molecule has 0 bridgehead atoms. The third-order valence-corrected chi connectivity index (χ3v) is 3.16. The highest BCUT2D eigenvalue weighted by molar-refractivity contribution is 6.30. The number of halogens is 1.